The number of nitrogens with one attached hydrogen (secondary N) is 2. The maximum Gasteiger partial charge on any atom is 0.137 e. The molecule has 0 unspecified atom stereocenters. The van der Waals surface area contributed by atoms with Gasteiger partial charge in [0.2, 0.25) is 0 Å². The van der Waals surface area contributed by atoms with Gasteiger partial charge in [-0.05, 0) is 24.1 Å². The van der Waals surface area contributed by atoms with Crippen LogP contribution in [0, 0.1) is 0 Å². The number of fused-ring (bicyclic) bond motifs is 1. The van der Waals surface area contributed by atoms with Crippen LogP contribution < -0.4 is 5.32 Å². The Kier molecular flexibility index (Phi) is 1.56. The number of aromatic nitrogens is 2. The van der Waals surface area contributed by atoms with Crippen LogP contribution in [0.15, 0.2) is 30.7 Å². The molecule has 0 aliphatic carbocycles. The summed E-state index contributed by atoms with van der Waals surface area (Å²) in [5.74, 6) is 0. The van der Waals surface area contributed by atoms with E-state index in [0.717, 1.165) is 18.6 Å². The number of pyridine rings is 1. The van der Waals surface area contributed by atoms with Gasteiger partial charge >= 0.3 is 0 Å². The predicted molar refractivity (Wildman–Crippen MR) is 56.7 cm³/mol. The Hall–Kier alpha value is -1.77. The predicted octanol–water partition coefficient (Wildman–Crippen LogP) is 1.90. The number of rotatable bonds is 1. The van der Waals surface area contributed by atoms with E-state index in [1.807, 2.05) is 18.5 Å². The number of aromatic amines is 1. The molecule has 2 aromatic heterocycles. The van der Waals surface area contributed by atoms with Gasteiger partial charge in [-0.1, -0.05) is 0 Å². The maximum atomic E-state index is 4.27. The highest BCUT2D eigenvalue weighted by molar-refractivity contribution is 5.90. The van der Waals surface area contributed by atoms with Crippen molar-refractivity contribution in [1.82, 2.24) is 15.3 Å². The van der Waals surface area contributed by atoms with Crippen molar-refractivity contribution in [2.45, 2.75) is 6.42 Å². The van der Waals surface area contributed by atoms with E-state index in [9.17, 15) is 0 Å². The van der Waals surface area contributed by atoms with Gasteiger partial charge in [0.15, 0.2) is 0 Å². The molecule has 0 saturated carbocycles. The molecular formula is C11H11N3. The van der Waals surface area contributed by atoms with E-state index in [1.165, 1.54) is 16.5 Å². The number of H-pyrrole nitrogens is 1. The van der Waals surface area contributed by atoms with Crippen molar-refractivity contribution in [2.75, 3.05) is 6.54 Å². The molecule has 70 valence electrons. The van der Waals surface area contributed by atoms with Crippen molar-refractivity contribution in [1.29, 1.82) is 0 Å². The lowest BCUT2D eigenvalue weighted by atomic mass is 10.1. The zero-order valence-corrected chi connectivity index (χ0v) is 7.75. The number of hydrogen-bond acceptors (Lipinski definition) is 2. The lowest BCUT2D eigenvalue weighted by Gasteiger charge is -1.96. The van der Waals surface area contributed by atoms with Crippen LogP contribution in [-0.4, -0.2) is 16.5 Å². The summed E-state index contributed by atoms with van der Waals surface area (Å²) in [5.41, 5.74) is 3.61. The Labute approximate surface area is 81.9 Å². The maximum absolute atomic E-state index is 4.27. The highest BCUT2D eigenvalue weighted by Gasteiger charge is 2.11. The number of hydrogen-bond donors (Lipinski definition) is 2. The summed E-state index contributed by atoms with van der Waals surface area (Å²) >= 11 is 0. The largest absolute Gasteiger partial charge is 0.390 e. The molecule has 2 N–H and O–H groups in total. The standard InChI is InChI=1S/C11H11N3/c1-2-9-10(8-3-5-12-6-8)7-14-11(9)13-4-1/h1-2,4,6-7,12H,3,5H2,(H,13,14). The monoisotopic (exact) mass is 185 g/mol. The molecule has 0 bridgehead atoms. The molecule has 3 heteroatoms. The molecular weight excluding hydrogens is 174 g/mol. The fraction of sp³-hybridized carbons (Fsp3) is 0.182. The van der Waals surface area contributed by atoms with Crippen LogP contribution in [0.2, 0.25) is 0 Å². The van der Waals surface area contributed by atoms with Crippen molar-refractivity contribution in [3.05, 3.63) is 36.3 Å². The molecule has 3 nitrogen and oxygen atoms in total. The minimum absolute atomic E-state index is 0.968. The summed E-state index contributed by atoms with van der Waals surface area (Å²) in [7, 11) is 0. The van der Waals surface area contributed by atoms with Gasteiger partial charge in [-0.2, -0.15) is 0 Å². The van der Waals surface area contributed by atoms with E-state index in [1.54, 1.807) is 0 Å². The summed E-state index contributed by atoms with van der Waals surface area (Å²) < 4.78 is 0. The summed E-state index contributed by atoms with van der Waals surface area (Å²) in [6.45, 7) is 1.04. The molecule has 2 aromatic rings. The van der Waals surface area contributed by atoms with E-state index in [4.69, 9.17) is 0 Å². The molecule has 0 spiro atoms. The average molecular weight is 185 g/mol. The molecule has 1 aliphatic rings. The molecule has 3 heterocycles. The first-order valence-electron chi connectivity index (χ1n) is 4.80. The van der Waals surface area contributed by atoms with Crippen molar-refractivity contribution in [2.24, 2.45) is 0 Å². The molecule has 14 heavy (non-hydrogen) atoms. The fourth-order valence-corrected chi connectivity index (χ4v) is 1.91. The zero-order valence-electron chi connectivity index (χ0n) is 7.75. The molecule has 3 rings (SSSR count). The SMILES string of the molecule is C1=C(c2c[nH]c3ncccc23)CCN1. The minimum Gasteiger partial charge on any atom is -0.390 e. The number of nitrogens with zero attached hydrogens (tertiary/aromatic N) is 1. The fourth-order valence-electron chi connectivity index (χ4n) is 1.91. The first kappa shape index (κ1) is 7.62. The summed E-state index contributed by atoms with van der Waals surface area (Å²) in [6.07, 6.45) is 7.04. The Morgan fingerprint density at radius 3 is 3.21 bits per heavy atom. The smallest absolute Gasteiger partial charge is 0.137 e. The quantitative estimate of drug-likeness (QED) is 0.712. The van der Waals surface area contributed by atoms with Crippen LogP contribution in [0.5, 0.6) is 0 Å². The first-order chi connectivity index (χ1) is 6.95. The van der Waals surface area contributed by atoms with Crippen molar-refractivity contribution < 1.29 is 0 Å². The molecule has 0 saturated heterocycles. The van der Waals surface area contributed by atoms with Gasteiger partial charge in [0.1, 0.15) is 5.65 Å². The zero-order chi connectivity index (χ0) is 9.38. The third-order valence-electron chi connectivity index (χ3n) is 2.61. The van der Waals surface area contributed by atoms with Gasteiger partial charge < -0.3 is 10.3 Å². The minimum atomic E-state index is 0.968. The summed E-state index contributed by atoms with van der Waals surface area (Å²) in [6, 6.07) is 4.08. The van der Waals surface area contributed by atoms with E-state index < -0.39 is 0 Å². The Bertz CT molecular complexity index is 496. The Morgan fingerprint density at radius 2 is 2.36 bits per heavy atom. The van der Waals surface area contributed by atoms with E-state index in [-0.39, 0.29) is 0 Å². The van der Waals surface area contributed by atoms with Crippen molar-refractivity contribution >= 4 is 16.6 Å². The lowest BCUT2D eigenvalue weighted by Crippen LogP contribution is -1.96. The van der Waals surface area contributed by atoms with Gasteiger partial charge in [-0.25, -0.2) is 4.98 Å². The van der Waals surface area contributed by atoms with Gasteiger partial charge in [0, 0.05) is 36.1 Å². The highest BCUT2D eigenvalue weighted by Crippen LogP contribution is 2.26. The van der Waals surface area contributed by atoms with Gasteiger partial charge in [0.25, 0.3) is 0 Å². The van der Waals surface area contributed by atoms with Crippen LogP contribution >= 0.6 is 0 Å². The van der Waals surface area contributed by atoms with Crippen LogP contribution in [0.1, 0.15) is 12.0 Å². The third kappa shape index (κ3) is 1.02. The molecule has 0 amide bonds. The molecule has 0 radical (unpaired) electrons. The molecule has 0 atom stereocenters. The Morgan fingerprint density at radius 1 is 1.36 bits per heavy atom. The Balaban J connectivity index is 2.21. The van der Waals surface area contributed by atoms with Crippen LogP contribution in [-0.2, 0) is 0 Å². The second kappa shape index (κ2) is 2.87. The molecule has 0 fully saturated rings. The van der Waals surface area contributed by atoms with Crippen molar-refractivity contribution in [3.8, 4) is 0 Å². The molecule has 0 aromatic carbocycles. The van der Waals surface area contributed by atoms with Crippen molar-refractivity contribution in [3.63, 3.8) is 0 Å². The third-order valence-corrected chi connectivity index (χ3v) is 2.61. The second-order valence-corrected chi connectivity index (χ2v) is 3.48. The summed E-state index contributed by atoms with van der Waals surface area (Å²) in [5, 5.41) is 4.44. The first-order valence-corrected chi connectivity index (χ1v) is 4.80. The van der Waals surface area contributed by atoms with E-state index in [0.29, 0.717) is 0 Å². The van der Waals surface area contributed by atoms with E-state index in [2.05, 4.69) is 27.6 Å². The highest BCUT2D eigenvalue weighted by atomic mass is 14.9. The van der Waals surface area contributed by atoms with Gasteiger partial charge in [-0.15, -0.1) is 0 Å². The van der Waals surface area contributed by atoms with Crippen LogP contribution in [0.4, 0.5) is 0 Å². The molecule has 1 aliphatic heterocycles. The van der Waals surface area contributed by atoms with Crippen LogP contribution in [0.25, 0.3) is 16.6 Å². The summed E-state index contributed by atoms with van der Waals surface area (Å²) in [4.78, 5) is 7.46. The second-order valence-electron chi connectivity index (χ2n) is 3.48. The van der Waals surface area contributed by atoms with Gasteiger partial charge in [0.05, 0.1) is 0 Å². The van der Waals surface area contributed by atoms with E-state index >= 15 is 0 Å². The topological polar surface area (TPSA) is 40.7 Å². The van der Waals surface area contributed by atoms with Crippen LogP contribution in [0.3, 0.4) is 0 Å². The average Bonchev–Trinajstić information content (AvgIpc) is 2.85. The lowest BCUT2D eigenvalue weighted by molar-refractivity contribution is 0.920. The normalized spacial score (nSPS) is 15.6. The van der Waals surface area contributed by atoms with Gasteiger partial charge in [-0.3, -0.25) is 0 Å².